The van der Waals surface area contributed by atoms with Crippen LogP contribution in [0.15, 0.2) is 12.2 Å². The van der Waals surface area contributed by atoms with Crippen LogP contribution < -0.4 is 0 Å². The Hall–Kier alpha value is -1.20. The maximum Gasteiger partial charge on any atom is 0.306 e. The van der Waals surface area contributed by atoms with Crippen LogP contribution in [0.5, 0.6) is 0 Å². The molecule has 5 atom stereocenters. The third kappa shape index (κ3) is 8.30. The van der Waals surface area contributed by atoms with E-state index in [0.29, 0.717) is 25.0 Å². The second-order valence-electron chi connectivity index (χ2n) is 9.90. The lowest BCUT2D eigenvalue weighted by Crippen LogP contribution is -2.31. The number of ketones is 1. The highest BCUT2D eigenvalue weighted by Crippen LogP contribution is 2.43. The van der Waals surface area contributed by atoms with E-state index in [-0.39, 0.29) is 36.3 Å². The molecular weight excluding hydrogens is 404 g/mol. The van der Waals surface area contributed by atoms with Gasteiger partial charge in [0.2, 0.25) is 0 Å². The third-order valence-corrected chi connectivity index (χ3v) is 7.36. The van der Waals surface area contributed by atoms with Gasteiger partial charge in [-0.05, 0) is 57.3 Å². The number of unbranched alkanes of at least 4 members (excludes halogenated alkanes) is 4. The summed E-state index contributed by atoms with van der Waals surface area (Å²) in [6.45, 7) is 2.96. The zero-order chi connectivity index (χ0) is 22.6. The molecule has 32 heavy (non-hydrogen) atoms. The Bertz CT molecular complexity index is 595. The largest absolute Gasteiger partial charge is 0.462 e. The lowest BCUT2D eigenvalue weighted by atomic mass is 9.85. The predicted molar refractivity (Wildman–Crippen MR) is 125 cm³/mol. The molecule has 0 radical (unpaired) electrons. The molecule has 0 aromatic rings. The molecule has 5 nitrogen and oxygen atoms in total. The second kappa shape index (κ2) is 14.1. The first kappa shape index (κ1) is 25.4. The van der Waals surface area contributed by atoms with Gasteiger partial charge in [-0.25, -0.2) is 0 Å². The molecule has 0 bridgehead atoms. The standard InChI is InChI=1S/C27H44O5/c1-2-3-4-5-8-13-21(28)17-18-23-22-14-9-6-7-10-15-26(29)31-24(22)20-25(23)32-27-16-11-12-19-30-27/h6,9,22-25,27H,2-5,7-8,10-20H2,1H3/t22-,23-,24+,25-,27?/m1/s1. The van der Waals surface area contributed by atoms with Crippen molar-refractivity contribution in [3.8, 4) is 0 Å². The predicted octanol–water partition coefficient (Wildman–Crippen LogP) is 6.29. The van der Waals surface area contributed by atoms with Gasteiger partial charge in [0.15, 0.2) is 6.29 Å². The number of rotatable bonds is 11. The maximum atomic E-state index is 12.6. The van der Waals surface area contributed by atoms with Gasteiger partial charge in [0.25, 0.3) is 0 Å². The van der Waals surface area contributed by atoms with Crippen LogP contribution in [0, 0.1) is 11.8 Å². The quantitative estimate of drug-likeness (QED) is 0.211. The summed E-state index contributed by atoms with van der Waals surface area (Å²) >= 11 is 0. The Balaban J connectivity index is 1.60. The Morgan fingerprint density at radius 2 is 1.97 bits per heavy atom. The monoisotopic (exact) mass is 448 g/mol. The number of esters is 1. The van der Waals surface area contributed by atoms with Crippen molar-refractivity contribution in [2.75, 3.05) is 6.61 Å². The van der Waals surface area contributed by atoms with Crippen LogP contribution in [-0.2, 0) is 23.8 Å². The fraction of sp³-hybridized carbons (Fsp3) is 0.852. The summed E-state index contributed by atoms with van der Waals surface area (Å²) in [6, 6.07) is 0. The lowest BCUT2D eigenvalue weighted by Gasteiger charge is -2.30. The van der Waals surface area contributed by atoms with Crippen LogP contribution in [0.4, 0.5) is 0 Å². The molecule has 0 aromatic heterocycles. The van der Waals surface area contributed by atoms with Crippen LogP contribution in [-0.4, -0.2) is 36.9 Å². The lowest BCUT2D eigenvalue weighted by molar-refractivity contribution is -0.196. The SMILES string of the molecule is CCCCCCCC(=O)CC[C@@H]1[C@H]2CC=CCCCC(=O)O[C@H]2C[C@H]1OC1CCCCO1. The zero-order valence-electron chi connectivity index (χ0n) is 20.1. The van der Waals surface area contributed by atoms with Gasteiger partial charge in [-0.1, -0.05) is 44.8 Å². The molecule has 0 N–H and O–H groups in total. The smallest absolute Gasteiger partial charge is 0.306 e. The average molecular weight is 449 g/mol. The van der Waals surface area contributed by atoms with Crippen LogP contribution in [0.25, 0.3) is 0 Å². The van der Waals surface area contributed by atoms with E-state index < -0.39 is 0 Å². The Morgan fingerprint density at radius 1 is 1.09 bits per heavy atom. The van der Waals surface area contributed by atoms with Crippen molar-refractivity contribution in [3.05, 3.63) is 12.2 Å². The molecule has 182 valence electrons. The van der Waals surface area contributed by atoms with Crippen molar-refractivity contribution in [2.24, 2.45) is 11.8 Å². The molecule has 2 fully saturated rings. The van der Waals surface area contributed by atoms with Gasteiger partial charge in [-0.3, -0.25) is 9.59 Å². The van der Waals surface area contributed by atoms with Gasteiger partial charge >= 0.3 is 5.97 Å². The van der Waals surface area contributed by atoms with Crippen molar-refractivity contribution in [1.82, 2.24) is 0 Å². The van der Waals surface area contributed by atoms with E-state index in [1.807, 2.05) is 0 Å². The molecular formula is C27H44O5. The fourth-order valence-electron chi connectivity index (χ4n) is 5.50. The third-order valence-electron chi connectivity index (χ3n) is 7.36. The summed E-state index contributed by atoms with van der Waals surface area (Å²) in [7, 11) is 0. The number of hydrogen-bond acceptors (Lipinski definition) is 5. The summed E-state index contributed by atoms with van der Waals surface area (Å²) in [5, 5.41) is 0. The molecule has 3 aliphatic rings. The van der Waals surface area contributed by atoms with Crippen LogP contribution >= 0.6 is 0 Å². The number of ether oxygens (including phenoxy) is 3. The molecule has 3 rings (SSSR count). The van der Waals surface area contributed by atoms with Crippen molar-refractivity contribution in [2.45, 2.75) is 128 Å². The van der Waals surface area contributed by atoms with Crippen molar-refractivity contribution in [1.29, 1.82) is 0 Å². The number of carbonyl (C=O) groups excluding carboxylic acids is 2. The highest BCUT2D eigenvalue weighted by molar-refractivity contribution is 5.78. The summed E-state index contributed by atoms with van der Waals surface area (Å²) in [6.07, 6.45) is 19.1. The van der Waals surface area contributed by atoms with E-state index in [2.05, 4.69) is 19.1 Å². The van der Waals surface area contributed by atoms with E-state index in [1.165, 1.54) is 19.3 Å². The van der Waals surface area contributed by atoms with Crippen molar-refractivity contribution in [3.63, 3.8) is 0 Å². The van der Waals surface area contributed by atoms with Gasteiger partial charge in [0, 0.05) is 38.2 Å². The van der Waals surface area contributed by atoms with Crippen molar-refractivity contribution < 1.29 is 23.8 Å². The van der Waals surface area contributed by atoms with E-state index in [1.54, 1.807) is 0 Å². The van der Waals surface area contributed by atoms with Crippen LogP contribution in [0.1, 0.15) is 110 Å². The van der Waals surface area contributed by atoms with E-state index >= 15 is 0 Å². The number of hydrogen-bond donors (Lipinski definition) is 0. The molecule has 0 spiro atoms. The summed E-state index contributed by atoms with van der Waals surface area (Å²) in [5.74, 6) is 0.725. The van der Waals surface area contributed by atoms with Crippen LogP contribution in [0.3, 0.4) is 0 Å². The van der Waals surface area contributed by atoms with Crippen LogP contribution in [0.2, 0.25) is 0 Å². The van der Waals surface area contributed by atoms with E-state index in [0.717, 1.165) is 70.8 Å². The molecule has 1 unspecified atom stereocenters. The number of Topliss-reactive ketones (excluding diaryl/α,β-unsaturated/α-hetero) is 1. The molecule has 0 aromatic carbocycles. The maximum absolute atomic E-state index is 12.6. The highest BCUT2D eigenvalue weighted by atomic mass is 16.7. The molecule has 2 heterocycles. The van der Waals surface area contributed by atoms with Gasteiger partial charge in [0.05, 0.1) is 6.10 Å². The summed E-state index contributed by atoms with van der Waals surface area (Å²) in [5.41, 5.74) is 0. The topological polar surface area (TPSA) is 61.8 Å². The van der Waals surface area contributed by atoms with Gasteiger partial charge in [-0.2, -0.15) is 0 Å². The number of allylic oxidation sites excluding steroid dienone is 2. The highest BCUT2D eigenvalue weighted by Gasteiger charge is 2.46. The minimum atomic E-state index is -0.160. The number of carbonyl (C=O) groups is 2. The molecule has 2 aliphatic heterocycles. The Morgan fingerprint density at radius 3 is 2.78 bits per heavy atom. The molecule has 0 amide bonds. The first-order chi connectivity index (χ1) is 15.7. The fourth-order valence-corrected chi connectivity index (χ4v) is 5.50. The van der Waals surface area contributed by atoms with E-state index in [4.69, 9.17) is 14.2 Å². The molecule has 5 heteroatoms. The average Bonchev–Trinajstić information content (AvgIpc) is 3.10. The van der Waals surface area contributed by atoms with Gasteiger partial charge in [-0.15, -0.1) is 0 Å². The molecule has 1 aliphatic carbocycles. The van der Waals surface area contributed by atoms with Crippen molar-refractivity contribution >= 4 is 11.8 Å². The first-order valence-corrected chi connectivity index (χ1v) is 13.3. The number of fused-ring (bicyclic) bond motifs is 1. The zero-order valence-corrected chi connectivity index (χ0v) is 20.1. The first-order valence-electron chi connectivity index (χ1n) is 13.3. The van der Waals surface area contributed by atoms with E-state index in [9.17, 15) is 9.59 Å². The molecule has 1 saturated heterocycles. The summed E-state index contributed by atoms with van der Waals surface area (Å²) < 4.78 is 18.2. The second-order valence-corrected chi connectivity index (χ2v) is 9.90. The normalized spacial score (nSPS) is 31.2. The minimum Gasteiger partial charge on any atom is -0.462 e. The summed E-state index contributed by atoms with van der Waals surface area (Å²) in [4.78, 5) is 24.9. The van der Waals surface area contributed by atoms with Gasteiger partial charge < -0.3 is 14.2 Å². The minimum absolute atomic E-state index is 0.00703. The molecule has 1 saturated carbocycles. The Labute approximate surface area is 194 Å². The van der Waals surface area contributed by atoms with Gasteiger partial charge in [0.1, 0.15) is 11.9 Å². The Kier molecular flexibility index (Phi) is 11.2.